The number of hydrogen-bond acceptors (Lipinski definition) is 7. The third-order valence-electron chi connectivity index (χ3n) is 6.30. The zero-order valence-electron chi connectivity index (χ0n) is 20.2. The highest BCUT2D eigenvalue weighted by atomic mass is 79.9. The molecule has 2 aliphatic rings. The number of aliphatic hydroxyl groups excluding tert-OH is 1. The van der Waals surface area contributed by atoms with E-state index in [0.29, 0.717) is 35.0 Å². The Hall–Kier alpha value is -3.04. The largest absolute Gasteiger partial charge is 0.507 e. The molecule has 0 unspecified atom stereocenters. The second-order valence-corrected chi connectivity index (χ2v) is 10.0. The van der Waals surface area contributed by atoms with Crippen molar-refractivity contribution >= 4 is 33.4 Å². The average Bonchev–Trinajstić information content (AvgIpc) is 3.31. The quantitative estimate of drug-likeness (QED) is 0.310. The minimum absolute atomic E-state index is 0.00593. The molecule has 8 nitrogen and oxygen atoms in total. The fourth-order valence-electron chi connectivity index (χ4n) is 4.65. The Kier molecular flexibility index (Phi) is 7.10. The number of nitrogens with zero attached hydrogens (tertiary/aromatic N) is 2. The number of Topliss-reactive ketones (excluding diaryl/α,β-unsaturated/α-hetero) is 1. The summed E-state index contributed by atoms with van der Waals surface area (Å²) in [6.45, 7) is 3.01. The Morgan fingerprint density at radius 3 is 2.69 bits per heavy atom. The Morgan fingerprint density at radius 1 is 1.26 bits per heavy atom. The van der Waals surface area contributed by atoms with Gasteiger partial charge >= 0.3 is 0 Å². The summed E-state index contributed by atoms with van der Waals surface area (Å²) in [5.74, 6) is -0.802. The molecule has 0 spiro atoms. The Morgan fingerprint density at radius 2 is 2.00 bits per heavy atom. The van der Waals surface area contributed by atoms with Crippen molar-refractivity contribution in [3.63, 3.8) is 0 Å². The number of rotatable bonds is 7. The number of halogens is 1. The van der Waals surface area contributed by atoms with Crippen LogP contribution in [0.2, 0.25) is 0 Å². The van der Waals surface area contributed by atoms with E-state index in [2.05, 4.69) is 15.9 Å². The lowest BCUT2D eigenvalue weighted by molar-refractivity contribution is -0.139. The molecule has 0 aromatic heterocycles. The topological polar surface area (TPSA) is 99.5 Å². The summed E-state index contributed by atoms with van der Waals surface area (Å²) in [4.78, 5) is 29.9. The number of fused-ring (bicyclic) bond motifs is 1. The van der Waals surface area contributed by atoms with E-state index < -0.39 is 17.7 Å². The standard InChI is InChI=1S/C26H29BrN2O6/c1-14-10-16-11-15(6-7-19(16)35-14)23(30)21-22(17-12-18(27)24(31)20(13-17)34-4)29(26(33)25(21)32)9-5-8-28(2)3/h6-7,11-14,22,30-31H,5,8-10H2,1-4H3/t14-,22-/m0/s1. The summed E-state index contributed by atoms with van der Waals surface area (Å²) in [7, 11) is 5.30. The van der Waals surface area contributed by atoms with E-state index in [1.807, 2.05) is 25.9 Å². The van der Waals surface area contributed by atoms with Gasteiger partial charge in [0.2, 0.25) is 0 Å². The van der Waals surface area contributed by atoms with Gasteiger partial charge in [0.15, 0.2) is 11.5 Å². The first-order valence-corrected chi connectivity index (χ1v) is 12.2. The molecule has 186 valence electrons. The van der Waals surface area contributed by atoms with Crippen LogP contribution >= 0.6 is 15.9 Å². The van der Waals surface area contributed by atoms with Gasteiger partial charge in [-0.1, -0.05) is 0 Å². The predicted molar refractivity (Wildman–Crippen MR) is 135 cm³/mol. The summed E-state index contributed by atoms with van der Waals surface area (Å²) in [6.07, 6.45) is 1.37. The minimum atomic E-state index is -0.841. The van der Waals surface area contributed by atoms with E-state index in [1.165, 1.54) is 12.0 Å². The summed E-state index contributed by atoms with van der Waals surface area (Å²) < 4.78 is 11.4. The molecule has 0 aliphatic carbocycles. The van der Waals surface area contributed by atoms with Crippen LogP contribution in [0.5, 0.6) is 17.2 Å². The highest BCUT2D eigenvalue weighted by molar-refractivity contribution is 9.10. The number of ketones is 1. The molecule has 1 fully saturated rings. The van der Waals surface area contributed by atoms with Gasteiger partial charge in [0.1, 0.15) is 17.6 Å². The van der Waals surface area contributed by atoms with Crippen molar-refractivity contribution in [2.75, 3.05) is 34.3 Å². The molecule has 35 heavy (non-hydrogen) atoms. The van der Waals surface area contributed by atoms with E-state index in [-0.39, 0.29) is 28.9 Å². The SMILES string of the molecule is COc1cc([C@H]2C(=C(O)c3ccc4c(c3)C[C@H](C)O4)C(=O)C(=O)N2CCCN(C)C)cc(Br)c1O. The number of aromatic hydroxyl groups is 1. The fourth-order valence-corrected chi connectivity index (χ4v) is 5.11. The number of benzene rings is 2. The molecule has 2 aromatic carbocycles. The number of aliphatic hydroxyl groups is 1. The van der Waals surface area contributed by atoms with Crippen molar-refractivity contribution < 1.29 is 29.3 Å². The normalized spacial score (nSPS) is 20.9. The maximum absolute atomic E-state index is 13.3. The molecule has 0 radical (unpaired) electrons. The molecular formula is C26H29BrN2O6. The van der Waals surface area contributed by atoms with Gasteiger partial charge in [-0.15, -0.1) is 0 Å². The van der Waals surface area contributed by atoms with Crippen LogP contribution in [0.3, 0.4) is 0 Å². The number of amides is 1. The van der Waals surface area contributed by atoms with Gasteiger partial charge in [0.25, 0.3) is 11.7 Å². The summed E-state index contributed by atoms with van der Waals surface area (Å²) in [5.41, 5.74) is 1.93. The Labute approximate surface area is 212 Å². The number of hydrogen-bond donors (Lipinski definition) is 2. The van der Waals surface area contributed by atoms with E-state index in [4.69, 9.17) is 9.47 Å². The second kappa shape index (κ2) is 9.91. The van der Waals surface area contributed by atoms with E-state index in [1.54, 1.807) is 30.3 Å². The summed E-state index contributed by atoms with van der Waals surface area (Å²) >= 11 is 3.33. The van der Waals surface area contributed by atoms with E-state index in [0.717, 1.165) is 17.9 Å². The third kappa shape index (κ3) is 4.75. The van der Waals surface area contributed by atoms with Crippen LogP contribution in [0, 0.1) is 0 Å². The molecule has 2 aliphatic heterocycles. The predicted octanol–water partition coefficient (Wildman–Crippen LogP) is 3.86. The Balaban J connectivity index is 1.84. The van der Waals surface area contributed by atoms with Crippen LogP contribution in [-0.4, -0.2) is 72.1 Å². The first-order chi connectivity index (χ1) is 16.6. The monoisotopic (exact) mass is 544 g/mol. The molecule has 0 bridgehead atoms. The maximum Gasteiger partial charge on any atom is 0.295 e. The van der Waals surface area contributed by atoms with Crippen molar-refractivity contribution in [3.05, 3.63) is 57.1 Å². The van der Waals surface area contributed by atoms with Gasteiger partial charge in [0.05, 0.1) is 23.2 Å². The Bertz CT molecular complexity index is 1210. The minimum Gasteiger partial charge on any atom is -0.507 e. The summed E-state index contributed by atoms with van der Waals surface area (Å²) in [6, 6.07) is 7.65. The molecular weight excluding hydrogens is 516 g/mol. The lowest BCUT2D eigenvalue weighted by atomic mass is 9.94. The molecule has 2 heterocycles. The number of ether oxygens (including phenoxy) is 2. The molecule has 2 aromatic rings. The van der Waals surface area contributed by atoms with E-state index in [9.17, 15) is 19.8 Å². The molecule has 1 amide bonds. The third-order valence-corrected chi connectivity index (χ3v) is 6.90. The first kappa shape index (κ1) is 25.1. The van der Waals surface area contributed by atoms with Gasteiger partial charge in [-0.2, -0.15) is 0 Å². The van der Waals surface area contributed by atoms with Crippen molar-refractivity contribution in [1.29, 1.82) is 0 Å². The van der Waals surface area contributed by atoms with Crippen LogP contribution in [-0.2, 0) is 16.0 Å². The molecule has 0 saturated carbocycles. The highest BCUT2D eigenvalue weighted by Gasteiger charge is 2.46. The van der Waals surface area contributed by atoms with Gasteiger partial charge in [-0.05, 0) is 91.4 Å². The van der Waals surface area contributed by atoms with Crippen LogP contribution < -0.4 is 9.47 Å². The van der Waals surface area contributed by atoms with Gasteiger partial charge < -0.3 is 29.5 Å². The van der Waals surface area contributed by atoms with Crippen molar-refractivity contribution in [2.24, 2.45) is 0 Å². The average molecular weight is 545 g/mol. The number of phenolic OH excluding ortho intramolecular Hbond substituents is 1. The number of phenols is 1. The van der Waals surface area contributed by atoms with Crippen molar-refractivity contribution in [3.8, 4) is 17.2 Å². The van der Waals surface area contributed by atoms with Gasteiger partial charge in [0, 0.05) is 18.5 Å². The second-order valence-electron chi connectivity index (χ2n) is 9.16. The van der Waals surface area contributed by atoms with Gasteiger partial charge in [-0.3, -0.25) is 9.59 Å². The number of likely N-dealkylation sites (tertiary alicyclic amines) is 1. The first-order valence-electron chi connectivity index (χ1n) is 11.4. The van der Waals surface area contributed by atoms with Crippen LogP contribution in [0.25, 0.3) is 5.76 Å². The number of carbonyl (C=O) groups excluding carboxylic acids is 2. The van der Waals surface area contributed by atoms with Crippen LogP contribution in [0.15, 0.2) is 40.4 Å². The van der Waals surface area contributed by atoms with Crippen LogP contribution in [0.4, 0.5) is 0 Å². The molecule has 2 atom stereocenters. The lowest BCUT2D eigenvalue weighted by Gasteiger charge is -2.26. The number of carbonyl (C=O) groups is 2. The van der Waals surface area contributed by atoms with Gasteiger partial charge in [-0.25, -0.2) is 0 Å². The zero-order chi connectivity index (χ0) is 25.4. The lowest BCUT2D eigenvalue weighted by Crippen LogP contribution is -2.32. The number of methoxy groups -OCH3 is 1. The van der Waals surface area contributed by atoms with Crippen molar-refractivity contribution in [2.45, 2.75) is 31.9 Å². The zero-order valence-corrected chi connectivity index (χ0v) is 21.8. The molecule has 4 rings (SSSR count). The smallest absolute Gasteiger partial charge is 0.295 e. The summed E-state index contributed by atoms with van der Waals surface area (Å²) in [5, 5.41) is 21.7. The fraction of sp³-hybridized carbons (Fsp3) is 0.385. The molecule has 1 saturated heterocycles. The van der Waals surface area contributed by atoms with E-state index >= 15 is 0 Å². The van der Waals surface area contributed by atoms with Crippen molar-refractivity contribution in [1.82, 2.24) is 9.80 Å². The maximum atomic E-state index is 13.3. The highest BCUT2D eigenvalue weighted by Crippen LogP contribution is 2.44. The van der Waals surface area contributed by atoms with Crippen LogP contribution in [0.1, 0.15) is 36.1 Å². The molecule has 9 heteroatoms. The molecule has 2 N–H and O–H groups in total.